The van der Waals surface area contributed by atoms with Crippen LogP contribution < -0.4 is 0 Å². The van der Waals surface area contributed by atoms with E-state index in [1.165, 1.54) is 11.1 Å². The van der Waals surface area contributed by atoms with E-state index in [2.05, 4.69) is 28.8 Å². The summed E-state index contributed by atoms with van der Waals surface area (Å²) in [5.74, 6) is 0.220. The average Bonchev–Trinajstić information content (AvgIpc) is 2.89. The van der Waals surface area contributed by atoms with Gasteiger partial charge in [-0.15, -0.1) is 0 Å². The van der Waals surface area contributed by atoms with Crippen molar-refractivity contribution in [1.29, 1.82) is 0 Å². The quantitative estimate of drug-likeness (QED) is 0.747. The maximum Gasteiger partial charge on any atom is 0.164 e. The summed E-state index contributed by atoms with van der Waals surface area (Å²) < 4.78 is 0. The van der Waals surface area contributed by atoms with Gasteiger partial charge < -0.3 is 4.90 Å². The molecule has 0 unspecified atom stereocenters. The van der Waals surface area contributed by atoms with Crippen LogP contribution in [0, 0.1) is 6.92 Å². The fourth-order valence-electron chi connectivity index (χ4n) is 1.95. The summed E-state index contributed by atoms with van der Waals surface area (Å²) in [4.78, 5) is 14.2. The number of aryl methyl sites for hydroxylation is 1. The van der Waals surface area contributed by atoms with Crippen LogP contribution in [0.4, 0.5) is 0 Å². The molecule has 0 amide bonds. The molecule has 0 fully saturated rings. The highest BCUT2D eigenvalue weighted by Gasteiger charge is 2.07. The van der Waals surface area contributed by atoms with Crippen molar-refractivity contribution in [2.75, 3.05) is 13.6 Å². The van der Waals surface area contributed by atoms with Gasteiger partial charge in [-0.1, -0.05) is 29.8 Å². The van der Waals surface area contributed by atoms with Crippen molar-refractivity contribution in [3.05, 3.63) is 57.8 Å². The molecule has 0 saturated carbocycles. The van der Waals surface area contributed by atoms with Crippen molar-refractivity contribution in [3.63, 3.8) is 0 Å². The zero-order chi connectivity index (χ0) is 13.7. The van der Waals surface area contributed by atoms with Gasteiger partial charge in [-0.05, 0) is 36.4 Å². The van der Waals surface area contributed by atoms with Crippen molar-refractivity contribution in [2.45, 2.75) is 19.9 Å². The Morgan fingerprint density at radius 3 is 2.58 bits per heavy atom. The van der Waals surface area contributed by atoms with E-state index < -0.39 is 0 Å². The number of Topliss-reactive ketones (excluding diaryl/α,β-unsaturated/α-hetero) is 1. The second kappa shape index (κ2) is 6.64. The largest absolute Gasteiger partial charge is 0.302 e. The molecule has 0 aliphatic rings. The third kappa shape index (κ3) is 4.30. The maximum atomic E-state index is 12.0. The maximum absolute atomic E-state index is 12.0. The van der Waals surface area contributed by atoms with Crippen molar-refractivity contribution in [3.8, 4) is 0 Å². The van der Waals surface area contributed by atoms with E-state index in [1.807, 2.05) is 31.2 Å². The van der Waals surface area contributed by atoms with E-state index in [1.54, 1.807) is 11.3 Å². The van der Waals surface area contributed by atoms with E-state index in [0.717, 1.165) is 18.7 Å². The van der Waals surface area contributed by atoms with E-state index in [4.69, 9.17) is 0 Å². The Balaban J connectivity index is 1.81. The molecule has 0 bridgehead atoms. The average molecular weight is 273 g/mol. The normalized spacial score (nSPS) is 10.9. The number of hydrogen-bond acceptors (Lipinski definition) is 3. The Hall–Kier alpha value is -1.45. The molecule has 2 rings (SSSR count). The summed E-state index contributed by atoms with van der Waals surface area (Å²) >= 11 is 1.71. The van der Waals surface area contributed by atoms with Gasteiger partial charge in [0.15, 0.2) is 5.78 Å². The SMILES string of the molecule is Cc1ccc(C(=O)CCN(C)Cc2ccsc2)cc1. The summed E-state index contributed by atoms with van der Waals surface area (Å²) in [7, 11) is 2.06. The monoisotopic (exact) mass is 273 g/mol. The van der Waals surface area contributed by atoms with Crippen LogP contribution in [-0.2, 0) is 6.54 Å². The highest BCUT2D eigenvalue weighted by Crippen LogP contribution is 2.10. The Morgan fingerprint density at radius 1 is 1.21 bits per heavy atom. The first-order valence-electron chi connectivity index (χ1n) is 6.44. The van der Waals surface area contributed by atoms with Crippen LogP contribution in [0.15, 0.2) is 41.1 Å². The lowest BCUT2D eigenvalue weighted by Gasteiger charge is -2.15. The molecule has 0 aliphatic carbocycles. The number of benzene rings is 1. The lowest BCUT2D eigenvalue weighted by Crippen LogP contribution is -2.21. The van der Waals surface area contributed by atoms with Crippen molar-refractivity contribution in [2.24, 2.45) is 0 Å². The highest BCUT2D eigenvalue weighted by molar-refractivity contribution is 7.07. The number of carbonyl (C=O) groups excluding carboxylic acids is 1. The lowest BCUT2D eigenvalue weighted by atomic mass is 10.1. The third-order valence-corrected chi connectivity index (χ3v) is 3.86. The highest BCUT2D eigenvalue weighted by atomic mass is 32.1. The third-order valence-electron chi connectivity index (χ3n) is 3.13. The molecule has 0 atom stereocenters. The number of nitrogens with zero attached hydrogens (tertiary/aromatic N) is 1. The molecule has 3 heteroatoms. The van der Waals surface area contributed by atoms with E-state index >= 15 is 0 Å². The number of carbonyl (C=O) groups is 1. The van der Waals surface area contributed by atoms with Crippen LogP contribution >= 0.6 is 11.3 Å². The lowest BCUT2D eigenvalue weighted by molar-refractivity contribution is 0.0968. The molecule has 1 aromatic carbocycles. The van der Waals surface area contributed by atoms with Gasteiger partial charge in [0, 0.05) is 25.1 Å². The minimum atomic E-state index is 0.220. The Kier molecular flexibility index (Phi) is 4.88. The smallest absolute Gasteiger partial charge is 0.164 e. The fraction of sp³-hybridized carbons (Fsp3) is 0.312. The molecule has 0 radical (unpaired) electrons. The van der Waals surface area contributed by atoms with Gasteiger partial charge in [0.1, 0.15) is 0 Å². The minimum Gasteiger partial charge on any atom is -0.302 e. The Bertz CT molecular complexity index is 516. The zero-order valence-corrected chi connectivity index (χ0v) is 12.2. The summed E-state index contributed by atoms with van der Waals surface area (Å²) in [5, 5.41) is 4.24. The van der Waals surface area contributed by atoms with Crippen LogP contribution in [0.5, 0.6) is 0 Å². The summed E-state index contributed by atoms with van der Waals surface area (Å²) in [5.41, 5.74) is 3.32. The van der Waals surface area contributed by atoms with E-state index in [-0.39, 0.29) is 5.78 Å². The predicted octanol–water partition coefficient (Wildman–Crippen LogP) is 3.76. The molecule has 2 aromatic rings. The molecule has 1 aromatic heterocycles. The first kappa shape index (κ1) is 14.0. The Morgan fingerprint density at radius 2 is 1.95 bits per heavy atom. The predicted molar refractivity (Wildman–Crippen MR) is 80.8 cm³/mol. The van der Waals surface area contributed by atoms with Crippen LogP contribution in [0.3, 0.4) is 0 Å². The standard InChI is InChI=1S/C16H19NOS/c1-13-3-5-15(6-4-13)16(18)7-9-17(2)11-14-8-10-19-12-14/h3-6,8,10,12H,7,9,11H2,1-2H3. The molecule has 100 valence electrons. The molecular weight excluding hydrogens is 254 g/mol. The van der Waals surface area contributed by atoms with Gasteiger partial charge in [-0.25, -0.2) is 0 Å². The van der Waals surface area contributed by atoms with Crippen LogP contribution in [0.1, 0.15) is 27.9 Å². The number of rotatable bonds is 6. The summed E-state index contributed by atoms with van der Waals surface area (Å²) in [6.45, 7) is 3.73. The molecule has 1 heterocycles. The van der Waals surface area contributed by atoms with Crippen molar-refractivity contribution >= 4 is 17.1 Å². The van der Waals surface area contributed by atoms with Crippen LogP contribution in [-0.4, -0.2) is 24.3 Å². The molecule has 0 spiro atoms. The first-order valence-corrected chi connectivity index (χ1v) is 7.39. The van der Waals surface area contributed by atoms with Crippen LogP contribution in [0.2, 0.25) is 0 Å². The van der Waals surface area contributed by atoms with Crippen molar-refractivity contribution < 1.29 is 4.79 Å². The first-order chi connectivity index (χ1) is 9.15. The van der Waals surface area contributed by atoms with Gasteiger partial charge in [0.05, 0.1) is 0 Å². The summed E-state index contributed by atoms with van der Waals surface area (Å²) in [6.07, 6.45) is 0.573. The van der Waals surface area contributed by atoms with Gasteiger partial charge in [0.25, 0.3) is 0 Å². The molecule has 0 N–H and O–H groups in total. The zero-order valence-electron chi connectivity index (χ0n) is 11.4. The van der Waals surface area contributed by atoms with Gasteiger partial charge in [0.2, 0.25) is 0 Å². The van der Waals surface area contributed by atoms with E-state index in [9.17, 15) is 4.79 Å². The second-order valence-corrected chi connectivity index (χ2v) is 5.69. The van der Waals surface area contributed by atoms with Crippen LogP contribution in [0.25, 0.3) is 0 Å². The fourth-order valence-corrected chi connectivity index (χ4v) is 2.61. The minimum absolute atomic E-state index is 0.220. The molecule has 0 aliphatic heterocycles. The number of ketones is 1. The number of thiophene rings is 1. The van der Waals surface area contributed by atoms with Gasteiger partial charge in [-0.3, -0.25) is 4.79 Å². The topological polar surface area (TPSA) is 20.3 Å². The van der Waals surface area contributed by atoms with Gasteiger partial charge >= 0.3 is 0 Å². The second-order valence-electron chi connectivity index (χ2n) is 4.91. The van der Waals surface area contributed by atoms with Crippen molar-refractivity contribution in [1.82, 2.24) is 4.90 Å². The van der Waals surface area contributed by atoms with Gasteiger partial charge in [-0.2, -0.15) is 11.3 Å². The number of hydrogen-bond donors (Lipinski definition) is 0. The molecule has 19 heavy (non-hydrogen) atoms. The molecular formula is C16H19NOS. The summed E-state index contributed by atoms with van der Waals surface area (Å²) in [6, 6.07) is 9.93. The van der Waals surface area contributed by atoms with E-state index in [0.29, 0.717) is 6.42 Å². The Labute approximate surface area is 118 Å². The molecule has 2 nitrogen and oxygen atoms in total. The molecule has 0 saturated heterocycles.